The van der Waals surface area contributed by atoms with Crippen molar-refractivity contribution in [2.24, 2.45) is 0 Å². The van der Waals surface area contributed by atoms with E-state index in [-0.39, 0.29) is 22.0 Å². The minimum Gasteiger partial charge on any atom is -0.478 e. The Morgan fingerprint density at radius 2 is 2.16 bits per heavy atom. The van der Waals surface area contributed by atoms with E-state index in [4.69, 9.17) is 0 Å². The van der Waals surface area contributed by atoms with Crippen molar-refractivity contribution >= 4 is 16.7 Å². The van der Waals surface area contributed by atoms with Gasteiger partial charge in [0.15, 0.2) is 0 Å². The summed E-state index contributed by atoms with van der Waals surface area (Å²) >= 11 is 0. The molecule has 1 aromatic carbocycles. The Morgan fingerprint density at radius 3 is 2.74 bits per heavy atom. The standard InChI is InChI=1S/C13H13FN2O3/c1-3-15-16-7(2)10(13(18)19)8-5-4-6-9(14)11(8)12(16)17/h4-6,15H,3H2,1-2H3,(H,18,19)/i14-1. The SMILES string of the molecule is CCNn1c(C)c(C(=O)O)c2cccc([18F])c2c1=O. The summed E-state index contributed by atoms with van der Waals surface area (Å²) in [5, 5.41) is 9.17. The summed E-state index contributed by atoms with van der Waals surface area (Å²) in [5.74, 6) is -1.92. The monoisotopic (exact) mass is 263 g/mol. The average Bonchev–Trinajstić information content (AvgIpc) is 2.34. The Kier molecular flexibility index (Phi) is 3.25. The lowest BCUT2D eigenvalue weighted by Gasteiger charge is -2.15. The molecule has 0 bridgehead atoms. The van der Waals surface area contributed by atoms with Crippen molar-refractivity contribution in [1.82, 2.24) is 4.68 Å². The second-order valence-electron chi connectivity index (χ2n) is 4.08. The number of benzene rings is 1. The van der Waals surface area contributed by atoms with Crippen molar-refractivity contribution < 1.29 is 14.3 Å². The van der Waals surface area contributed by atoms with Crippen LogP contribution in [0.5, 0.6) is 0 Å². The molecule has 0 aliphatic carbocycles. The van der Waals surface area contributed by atoms with Gasteiger partial charge in [0.1, 0.15) is 5.82 Å². The molecule has 19 heavy (non-hydrogen) atoms. The highest BCUT2D eigenvalue weighted by atomic mass is 18.2. The summed E-state index contributed by atoms with van der Waals surface area (Å²) < 4.78 is 14.9. The third-order valence-electron chi connectivity index (χ3n) is 2.93. The van der Waals surface area contributed by atoms with Gasteiger partial charge in [-0.3, -0.25) is 4.79 Å². The Hall–Kier alpha value is -2.37. The molecular formula is C13H13FN2O3. The third kappa shape index (κ3) is 1.95. The molecule has 2 N–H and O–H groups in total. The molecule has 0 amide bonds. The molecule has 0 aliphatic heterocycles. The number of aromatic carboxylic acids is 1. The van der Waals surface area contributed by atoms with Gasteiger partial charge in [-0.25, -0.2) is 13.9 Å². The molecule has 0 saturated carbocycles. The zero-order chi connectivity index (χ0) is 14.2. The molecular weight excluding hydrogens is 250 g/mol. The van der Waals surface area contributed by atoms with Gasteiger partial charge in [-0.15, -0.1) is 0 Å². The van der Waals surface area contributed by atoms with Crippen LogP contribution in [0, 0.1) is 12.7 Å². The van der Waals surface area contributed by atoms with Gasteiger partial charge in [0.2, 0.25) is 0 Å². The van der Waals surface area contributed by atoms with E-state index in [9.17, 15) is 19.1 Å². The van der Waals surface area contributed by atoms with Gasteiger partial charge in [0.25, 0.3) is 5.56 Å². The van der Waals surface area contributed by atoms with Crippen LogP contribution in [-0.2, 0) is 0 Å². The first-order chi connectivity index (χ1) is 8.99. The minimum atomic E-state index is -1.19. The second kappa shape index (κ2) is 4.72. The molecule has 0 fully saturated rings. The number of nitrogens with one attached hydrogen (secondary N) is 1. The number of fused-ring (bicyclic) bond motifs is 1. The van der Waals surface area contributed by atoms with Crippen LogP contribution in [0.1, 0.15) is 23.0 Å². The Labute approximate surface area is 108 Å². The molecule has 0 unspecified atom stereocenters. The zero-order valence-corrected chi connectivity index (χ0v) is 10.5. The zero-order valence-electron chi connectivity index (χ0n) is 10.5. The summed E-state index contributed by atoms with van der Waals surface area (Å²) in [7, 11) is 0. The number of pyridine rings is 1. The van der Waals surface area contributed by atoms with E-state index in [1.165, 1.54) is 19.1 Å². The summed E-state index contributed by atoms with van der Waals surface area (Å²) in [4.78, 5) is 23.6. The van der Waals surface area contributed by atoms with Crippen LogP contribution in [0.3, 0.4) is 0 Å². The highest BCUT2D eigenvalue weighted by Crippen LogP contribution is 2.21. The molecule has 1 aromatic heterocycles. The Balaban J connectivity index is 3.04. The highest BCUT2D eigenvalue weighted by molar-refractivity contribution is 6.04. The minimum absolute atomic E-state index is 0.0740. The van der Waals surface area contributed by atoms with E-state index >= 15 is 0 Å². The molecule has 0 atom stereocenters. The molecule has 1 heterocycles. The molecule has 0 aliphatic rings. The number of nitrogens with zero attached hydrogens (tertiary/aromatic N) is 1. The van der Waals surface area contributed by atoms with E-state index in [1.807, 2.05) is 0 Å². The van der Waals surface area contributed by atoms with Crippen LogP contribution in [0.25, 0.3) is 10.8 Å². The number of carboxylic acids is 1. The van der Waals surface area contributed by atoms with Crippen molar-refractivity contribution in [2.75, 3.05) is 12.0 Å². The maximum absolute atomic E-state index is 13.8. The number of aromatic nitrogens is 1. The highest BCUT2D eigenvalue weighted by Gasteiger charge is 2.20. The van der Waals surface area contributed by atoms with E-state index in [0.717, 1.165) is 10.7 Å². The largest absolute Gasteiger partial charge is 0.478 e. The molecule has 2 rings (SSSR count). The van der Waals surface area contributed by atoms with E-state index in [1.54, 1.807) is 6.92 Å². The molecule has 0 radical (unpaired) electrons. The summed E-state index contributed by atoms with van der Waals surface area (Å²) in [6.45, 7) is 3.69. The maximum atomic E-state index is 13.8. The van der Waals surface area contributed by atoms with Gasteiger partial charge in [-0.1, -0.05) is 12.1 Å². The van der Waals surface area contributed by atoms with E-state index in [2.05, 4.69) is 5.43 Å². The van der Waals surface area contributed by atoms with E-state index in [0.29, 0.717) is 6.54 Å². The van der Waals surface area contributed by atoms with Crippen molar-refractivity contribution in [3.05, 3.63) is 45.6 Å². The van der Waals surface area contributed by atoms with Crippen LogP contribution >= 0.6 is 0 Å². The lowest BCUT2D eigenvalue weighted by molar-refractivity contribution is 0.0697. The molecule has 6 heteroatoms. The first-order valence-electron chi connectivity index (χ1n) is 5.80. The normalized spacial score (nSPS) is 10.7. The van der Waals surface area contributed by atoms with Crippen molar-refractivity contribution in [3.8, 4) is 0 Å². The molecule has 0 saturated heterocycles. The lowest BCUT2D eigenvalue weighted by Crippen LogP contribution is -2.33. The number of hydrogen-bond donors (Lipinski definition) is 2. The van der Waals surface area contributed by atoms with Crippen LogP contribution in [0.4, 0.5) is 4.39 Å². The lowest BCUT2D eigenvalue weighted by atomic mass is 10.0. The topological polar surface area (TPSA) is 71.3 Å². The van der Waals surface area contributed by atoms with Gasteiger partial charge < -0.3 is 10.5 Å². The first kappa shape index (κ1) is 13.1. The Morgan fingerprint density at radius 1 is 1.47 bits per heavy atom. The number of halogens is 1. The maximum Gasteiger partial charge on any atom is 0.338 e. The molecule has 0 spiro atoms. The quantitative estimate of drug-likeness (QED) is 0.884. The summed E-state index contributed by atoms with van der Waals surface area (Å²) in [6, 6.07) is 3.97. The van der Waals surface area contributed by atoms with Crippen molar-refractivity contribution in [3.63, 3.8) is 0 Å². The fourth-order valence-corrected chi connectivity index (χ4v) is 2.14. The van der Waals surface area contributed by atoms with Crippen LogP contribution < -0.4 is 11.0 Å². The molecule has 2 aromatic rings. The smallest absolute Gasteiger partial charge is 0.338 e. The van der Waals surface area contributed by atoms with Gasteiger partial charge in [-0.2, -0.15) is 0 Å². The van der Waals surface area contributed by atoms with Gasteiger partial charge >= 0.3 is 5.97 Å². The van der Waals surface area contributed by atoms with E-state index < -0.39 is 17.3 Å². The van der Waals surface area contributed by atoms with Crippen LogP contribution in [-0.4, -0.2) is 22.3 Å². The Bertz CT molecular complexity index is 722. The first-order valence-corrected chi connectivity index (χ1v) is 5.80. The van der Waals surface area contributed by atoms with Crippen molar-refractivity contribution in [1.29, 1.82) is 0 Å². The van der Waals surface area contributed by atoms with Gasteiger partial charge in [-0.05, 0) is 19.9 Å². The van der Waals surface area contributed by atoms with Crippen LogP contribution in [0.15, 0.2) is 23.0 Å². The number of rotatable bonds is 3. The number of hydrogen-bond acceptors (Lipinski definition) is 3. The second-order valence-corrected chi connectivity index (χ2v) is 4.08. The van der Waals surface area contributed by atoms with Gasteiger partial charge in [0, 0.05) is 11.9 Å². The average molecular weight is 263 g/mol. The molecule has 5 nitrogen and oxygen atoms in total. The summed E-state index contributed by atoms with van der Waals surface area (Å²) in [6.07, 6.45) is 0. The number of carbonyl (C=O) groups is 1. The fraction of sp³-hybridized carbons (Fsp3) is 0.231. The van der Waals surface area contributed by atoms with Crippen molar-refractivity contribution in [2.45, 2.75) is 13.8 Å². The fourth-order valence-electron chi connectivity index (χ4n) is 2.14. The predicted molar refractivity (Wildman–Crippen MR) is 69.8 cm³/mol. The third-order valence-corrected chi connectivity index (χ3v) is 2.93. The van der Waals surface area contributed by atoms with Gasteiger partial charge in [0.05, 0.1) is 16.6 Å². The number of carboxylic acid groups (broad SMARTS) is 1. The predicted octanol–water partition coefficient (Wildman–Crippen LogP) is 1.71. The molecule has 100 valence electrons. The summed E-state index contributed by atoms with van der Waals surface area (Å²) in [5.41, 5.74) is 2.32. The van der Waals surface area contributed by atoms with Crippen LogP contribution in [0.2, 0.25) is 0 Å².